The van der Waals surface area contributed by atoms with Gasteiger partial charge in [-0.2, -0.15) is 0 Å². The number of carbonyl (C=O) groups excluding carboxylic acids is 1. The number of urea groups is 1. The molecule has 7 nitrogen and oxygen atoms in total. The summed E-state index contributed by atoms with van der Waals surface area (Å²) in [4.78, 5) is 26.1. The van der Waals surface area contributed by atoms with E-state index in [4.69, 9.17) is 5.11 Å². The van der Waals surface area contributed by atoms with Crippen molar-refractivity contribution in [1.29, 1.82) is 0 Å². The number of aliphatic carboxylic acids is 1. The molecular weight excluding hydrogens is 236 g/mol. The molecule has 0 aromatic heterocycles. The number of hydrogen-bond acceptors (Lipinski definition) is 4. The van der Waals surface area contributed by atoms with E-state index in [2.05, 4.69) is 10.3 Å². The molecule has 1 atom stereocenters. The first-order valence-electron chi connectivity index (χ1n) is 6.08. The van der Waals surface area contributed by atoms with Crippen LogP contribution >= 0.6 is 0 Å². The SMILES string of the molecule is CC(CN(C)C(=O)NN1CCN(C)CC1)C(=O)O. The molecule has 2 amide bonds. The van der Waals surface area contributed by atoms with Gasteiger partial charge in [-0.3, -0.25) is 10.2 Å². The van der Waals surface area contributed by atoms with Gasteiger partial charge in [-0.05, 0) is 7.05 Å². The Bertz CT molecular complexity index is 303. The first kappa shape index (κ1) is 14.7. The van der Waals surface area contributed by atoms with Gasteiger partial charge in [0.2, 0.25) is 0 Å². The summed E-state index contributed by atoms with van der Waals surface area (Å²) in [7, 11) is 3.64. The predicted octanol–water partition coefficient (Wildman–Crippen LogP) is -0.489. The highest BCUT2D eigenvalue weighted by Crippen LogP contribution is 2.00. The molecule has 0 aliphatic carbocycles. The zero-order valence-corrected chi connectivity index (χ0v) is 11.2. The number of hydrazine groups is 1. The highest BCUT2D eigenvalue weighted by atomic mass is 16.4. The predicted molar refractivity (Wildman–Crippen MR) is 67.0 cm³/mol. The van der Waals surface area contributed by atoms with E-state index < -0.39 is 11.9 Å². The first-order valence-corrected chi connectivity index (χ1v) is 6.08. The number of nitrogens with zero attached hydrogens (tertiary/aromatic N) is 3. The lowest BCUT2D eigenvalue weighted by Gasteiger charge is -2.33. The summed E-state index contributed by atoms with van der Waals surface area (Å²) >= 11 is 0. The summed E-state index contributed by atoms with van der Waals surface area (Å²) in [5.41, 5.74) is 2.78. The van der Waals surface area contributed by atoms with E-state index in [0.29, 0.717) is 0 Å². The minimum Gasteiger partial charge on any atom is -0.481 e. The van der Waals surface area contributed by atoms with Crippen LogP contribution in [0.25, 0.3) is 0 Å². The van der Waals surface area contributed by atoms with Gasteiger partial charge in [-0.1, -0.05) is 6.92 Å². The van der Waals surface area contributed by atoms with Gasteiger partial charge in [0.05, 0.1) is 5.92 Å². The molecule has 7 heteroatoms. The molecule has 0 spiro atoms. The van der Waals surface area contributed by atoms with E-state index in [9.17, 15) is 9.59 Å². The number of piperazine rings is 1. The van der Waals surface area contributed by atoms with Crippen LogP contribution in [0.3, 0.4) is 0 Å². The first-order chi connectivity index (χ1) is 8.40. The molecule has 104 valence electrons. The van der Waals surface area contributed by atoms with Crippen molar-refractivity contribution in [2.24, 2.45) is 5.92 Å². The fourth-order valence-corrected chi connectivity index (χ4v) is 1.71. The van der Waals surface area contributed by atoms with Crippen molar-refractivity contribution in [1.82, 2.24) is 20.2 Å². The van der Waals surface area contributed by atoms with E-state index in [1.807, 2.05) is 12.1 Å². The van der Waals surface area contributed by atoms with Crippen LogP contribution < -0.4 is 5.43 Å². The van der Waals surface area contributed by atoms with Gasteiger partial charge >= 0.3 is 12.0 Å². The van der Waals surface area contributed by atoms with E-state index in [1.165, 1.54) is 4.90 Å². The van der Waals surface area contributed by atoms with Crippen molar-refractivity contribution in [3.8, 4) is 0 Å². The van der Waals surface area contributed by atoms with Crippen LogP contribution in [-0.4, -0.2) is 78.7 Å². The second-order valence-electron chi connectivity index (χ2n) is 4.83. The summed E-state index contributed by atoms with van der Waals surface area (Å²) in [5, 5.41) is 10.7. The van der Waals surface area contributed by atoms with E-state index in [-0.39, 0.29) is 12.6 Å². The molecule has 1 unspecified atom stereocenters. The van der Waals surface area contributed by atoms with Crippen LogP contribution in [0.2, 0.25) is 0 Å². The maximum Gasteiger partial charge on any atom is 0.331 e. The molecule has 1 aliphatic rings. The van der Waals surface area contributed by atoms with Crippen LogP contribution in [0.5, 0.6) is 0 Å². The summed E-state index contributed by atoms with van der Waals surface area (Å²) in [6.07, 6.45) is 0. The number of carbonyl (C=O) groups is 2. The highest BCUT2D eigenvalue weighted by Gasteiger charge is 2.20. The minimum atomic E-state index is -0.894. The van der Waals surface area contributed by atoms with Crippen LogP contribution in [0, 0.1) is 5.92 Å². The van der Waals surface area contributed by atoms with Gasteiger partial charge in [0.25, 0.3) is 0 Å². The number of nitrogens with one attached hydrogen (secondary N) is 1. The number of hydrogen-bond donors (Lipinski definition) is 2. The van der Waals surface area contributed by atoms with Crippen LogP contribution in [-0.2, 0) is 4.79 Å². The second-order valence-corrected chi connectivity index (χ2v) is 4.83. The monoisotopic (exact) mass is 258 g/mol. The smallest absolute Gasteiger partial charge is 0.331 e. The van der Waals surface area contributed by atoms with Gasteiger partial charge < -0.3 is 14.9 Å². The molecule has 2 N–H and O–H groups in total. The Morgan fingerprint density at radius 3 is 2.39 bits per heavy atom. The molecule has 1 fully saturated rings. The normalized spacial score (nSPS) is 19.3. The quantitative estimate of drug-likeness (QED) is 0.711. The summed E-state index contributed by atoms with van der Waals surface area (Å²) in [6.45, 7) is 5.18. The Kier molecular flexibility index (Phi) is 5.36. The third kappa shape index (κ3) is 4.50. The van der Waals surface area contributed by atoms with Crippen molar-refractivity contribution < 1.29 is 14.7 Å². The Morgan fingerprint density at radius 2 is 1.89 bits per heavy atom. The number of amides is 2. The molecule has 0 radical (unpaired) electrons. The zero-order chi connectivity index (χ0) is 13.7. The van der Waals surface area contributed by atoms with Gasteiger partial charge in [0, 0.05) is 39.8 Å². The molecule has 18 heavy (non-hydrogen) atoms. The summed E-state index contributed by atoms with van der Waals surface area (Å²) in [5.74, 6) is -1.46. The standard InChI is InChI=1S/C11H22N4O3/c1-9(10(16)17)8-14(3)11(18)12-15-6-4-13(2)5-7-15/h9H,4-8H2,1-3H3,(H,12,18)(H,16,17). The Labute approximate surface area is 107 Å². The number of carboxylic acids is 1. The molecular formula is C11H22N4O3. The van der Waals surface area contributed by atoms with Crippen molar-refractivity contribution in [3.05, 3.63) is 0 Å². The largest absolute Gasteiger partial charge is 0.481 e. The second kappa shape index (κ2) is 6.55. The Balaban J connectivity index is 2.33. The maximum atomic E-state index is 11.8. The van der Waals surface area contributed by atoms with Gasteiger partial charge in [0.1, 0.15) is 0 Å². The molecule has 1 rings (SSSR count). The van der Waals surface area contributed by atoms with E-state index >= 15 is 0 Å². The number of rotatable bonds is 4. The lowest BCUT2D eigenvalue weighted by molar-refractivity contribution is -0.141. The summed E-state index contributed by atoms with van der Waals surface area (Å²) < 4.78 is 0. The van der Waals surface area contributed by atoms with Gasteiger partial charge in [0.15, 0.2) is 0 Å². The van der Waals surface area contributed by atoms with E-state index in [1.54, 1.807) is 14.0 Å². The van der Waals surface area contributed by atoms with Crippen molar-refractivity contribution in [2.45, 2.75) is 6.92 Å². The Morgan fingerprint density at radius 1 is 1.33 bits per heavy atom. The zero-order valence-electron chi connectivity index (χ0n) is 11.2. The maximum absolute atomic E-state index is 11.8. The number of carboxylic acid groups (broad SMARTS) is 1. The summed E-state index contributed by atoms with van der Waals surface area (Å²) in [6, 6.07) is -0.257. The van der Waals surface area contributed by atoms with Crippen molar-refractivity contribution >= 4 is 12.0 Å². The lowest BCUT2D eigenvalue weighted by Crippen LogP contribution is -2.55. The van der Waals surface area contributed by atoms with Crippen LogP contribution in [0.4, 0.5) is 4.79 Å². The number of likely N-dealkylation sites (N-methyl/N-ethyl adjacent to an activating group) is 1. The molecule has 0 aromatic carbocycles. The lowest BCUT2D eigenvalue weighted by atomic mass is 10.2. The van der Waals surface area contributed by atoms with Crippen molar-refractivity contribution in [2.75, 3.05) is 46.8 Å². The molecule has 0 bridgehead atoms. The van der Waals surface area contributed by atoms with Crippen LogP contribution in [0.15, 0.2) is 0 Å². The molecule has 1 saturated heterocycles. The van der Waals surface area contributed by atoms with E-state index in [0.717, 1.165) is 26.2 Å². The third-order valence-electron chi connectivity index (χ3n) is 3.07. The topological polar surface area (TPSA) is 76.1 Å². The highest BCUT2D eigenvalue weighted by molar-refractivity contribution is 5.75. The fourth-order valence-electron chi connectivity index (χ4n) is 1.71. The molecule has 1 heterocycles. The Hall–Kier alpha value is -1.34. The van der Waals surface area contributed by atoms with Gasteiger partial charge in [-0.15, -0.1) is 0 Å². The van der Waals surface area contributed by atoms with Gasteiger partial charge in [-0.25, -0.2) is 9.80 Å². The third-order valence-corrected chi connectivity index (χ3v) is 3.07. The molecule has 1 aliphatic heterocycles. The minimum absolute atomic E-state index is 0.203. The van der Waals surface area contributed by atoms with Crippen molar-refractivity contribution in [3.63, 3.8) is 0 Å². The van der Waals surface area contributed by atoms with Crippen LogP contribution in [0.1, 0.15) is 6.92 Å². The molecule has 0 aromatic rings. The molecule has 0 saturated carbocycles. The average molecular weight is 258 g/mol. The average Bonchev–Trinajstić information content (AvgIpc) is 2.31. The fraction of sp³-hybridized carbons (Fsp3) is 0.818.